The Balaban J connectivity index is 1.94. The molecule has 4 amide bonds. The summed E-state index contributed by atoms with van der Waals surface area (Å²) < 4.78 is 5.42. The molecule has 2 aliphatic rings. The van der Waals surface area contributed by atoms with E-state index in [0.717, 1.165) is 19.3 Å². The molecule has 0 aromatic rings. The van der Waals surface area contributed by atoms with Gasteiger partial charge in [-0.25, -0.2) is 4.79 Å². The van der Waals surface area contributed by atoms with E-state index < -0.39 is 17.9 Å². The summed E-state index contributed by atoms with van der Waals surface area (Å²) in [5.41, 5.74) is 0. The molecule has 1 unspecified atom stereocenters. The summed E-state index contributed by atoms with van der Waals surface area (Å²) >= 11 is 0. The van der Waals surface area contributed by atoms with E-state index >= 15 is 0 Å². The Hall–Kier alpha value is -1.92. The number of nitrogens with one attached hydrogen (secondary N) is 1. The number of ether oxygens (including phenoxy) is 1. The molecule has 7 heteroatoms. The van der Waals surface area contributed by atoms with Gasteiger partial charge in [-0.05, 0) is 38.5 Å². The topological polar surface area (TPSA) is 92.8 Å². The Morgan fingerprint density at radius 3 is 2.40 bits per heavy atom. The Labute approximate surface area is 148 Å². The van der Waals surface area contributed by atoms with Gasteiger partial charge >= 0.3 is 12.0 Å². The molecule has 0 radical (unpaired) electrons. The molecular weight excluding hydrogens is 324 g/mol. The van der Waals surface area contributed by atoms with Gasteiger partial charge in [0, 0.05) is 12.5 Å². The number of amides is 4. The van der Waals surface area contributed by atoms with Crippen LogP contribution >= 0.6 is 0 Å². The Kier molecular flexibility index (Phi) is 6.96. The minimum Gasteiger partial charge on any atom is -0.462 e. The average molecular weight is 352 g/mol. The number of esters is 1. The molecule has 1 saturated heterocycles. The molecule has 25 heavy (non-hydrogen) atoms. The fourth-order valence-corrected chi connectivity index (χ4v) is 3.51. The number of nitrogens with zero attached hydrogens (tertiary/aromatic N) is 1. The van der Waals surface area contributed by atoms with Crippen molar-refractivity contribution in [2.24, 2.45) is 5.92 Å². The Bertz CT molecular complexity index is 526. The van der Waals surface area contributed by atoms with E-state index in [-0.39, 0.29) is 24.0 Å². The van der Waals surface area contributed by atoms with E-state index in [1.165, 1.54) is 4.90 Å². The molecular formula is C18H28N2O5. The molecule has 1 heterocycles. The number of carbonyl (C=O) groups excluding carboxylic acids is 4. The van der Waals surface area contributed by atoms with Crippen LogP contribution in [0, 0.1) is 5.92 Å². The second-order valence-corrected chi connectivity index (χ2v) is 6.87. The zero-order chi connectivity index (χ0) is 18.4. The third-order valence-electron chi connectivity index (χ3n) is 4.91. The summed E-state index contributed by atoms with van der Waals surface area (Å²) in [7, 11) is 0. The van der Waals surface area contributed by atoms with E-state index in [1.807, 2.05) is 13.8 Å². The van der Waals surface area contributed by atoms with E-state index in [4.69, 9.17) is 4.74 Å². The van der Waals surface area contributed by atoms with Crippen molar-refractivity contribution < 1.29 is 23.9 Å². The van der Waals surface area contributed by atoms with Gasteiger partial charge in [-0.3, -0.25) is 24.6 Å². The number of rotatable bonds is 7. The van der Waals surface area contributed by atoms with Crippen LogP contribution in [0.2, 0.25) is 0 Å². The van der Waals surface area contributed by atoms with Gasteiger partial charge in [-0.2, -0.15) is 0 Å². The highest BCUT2D eigenvalue weighted by molar-refractivity contribution is 6.16. The van der Waals surface area contributed by atoms with E-state index in [1.54, 1.807) is 0 Å². The van der Waals surface area contributed by atoms with Crippen LogP contribution < -0.4 is 5.32 Å². The number of hydrogen-bond donors (Lipinski definition) is 1. The highest BCUT2D eigenvalue weighted by atomic mass is 16.5. The summed E-state index contributed by atoms with van der Waals surface area (Å²) in [5.74, 6) is -1.82. The summed E-state index contributed by atoms with van der Waals surface area (Å²) in [5, 5.41) is 2.32. The molecule has 140 valence electrons. The van der Waals surface area contributed by atoms with Crippen molar-refractivity contribution in [3.05, 3.63) is 0 Å². The molecule has 1 N–H and O–H groups in total. The number of unbranched alkanes of at least 4 members (excludes halogenated alkanes) is 1. The molecule has 1 aliphatic heterocycles. The summed E-state index contributed by atoms with van der Waals surface area (Å²) in [6.45, 7) is 3.92. The third kappa shape index (κ3) is 4.80. The van der Waals surface area contributed by atoms with Gasteiger partial charge in [0.25, 0.3) is 0 Å². The fraction of sp³-hybridized carbons (Fsp3) is 0.778. The first-order valence-corrected chi connectivity index (χ1v) is 9.35. The van der Waals surface area contributed by atoms with Crippen molar-refractivity contribution in [2.45, 2.75) is 83.8 Å². The van der Waals surface area contributed by atoms with Crippen molar-refractivity contribution in [3.63, 3.8) is 0 Å². The zero-order valence-electron chi connectivity index (χ0n) is 15.1. The lowest BCUT2D eigenvalue weighted by Gasteiger charge is -2.39. The first kappa shape index (κ1) is 19.4. The largest absolute Gasteiger partial charge is 0.462 e. The monoisotopic (exact) mass is 352 g/mol. The first-order chi connectivity index (χ1) is 12.0. The second-order valence-electron chi connectivity index (χ2n) is 6.87. The van der Waals surface area contributed by atoms with Crippen LogP contribution in [0.15, 0.2) is 0 Å². The average Bonchev–Trinajstić information content (AvgIpc) is 2.56. The maximum Gasteiger partial charge on any atom is 0.331 e. The third-order valence-corrected chi connectivity index (χ3v) is 4.91. The van der Waals surface area contributed by atoms with E-state index in [0.29, 0.717) is 38.5 Å². The summed E-state index contributed by atoms with van der Waals surface area (Å²) in [6.07, 6.45) is 5.60. The van der Waals surface area contributed by atoms with Crippen LogP contribution in [-0.2, 0) is 19.1 Å². The van der Waals surface area contributed by atoms with Crippen molar-refractivity contribution >= 4 is 23.8 Å². The minimum absolute atomic E-state index is 0.143. The molecule has 7 nitrogen and oxygen atoms in total. The van der Waals surface area contributed by atoms with Gasteiger partial charge in [0.15, 0.2) is 0 Å². The highest BCUT2D eigenvalue weighted by Crippen LogP contribution is 2.29. The quantitative estimate of drug-likeness (QED) is 0.561. The number of barbiturate groups is 1. The van der Waals surface area contributed by atoms with Crippen LogP contribution in [0.25, 0.3) is 0 Å². The maximum absolute atomic E-state index is 12.7. The fourth-order valence-electron chi connectivity index (χ4n) is 3.51. The minimum atomic E-state index is -0.766. The summed E-state index contributed by atoms with van der Waals surface area (Å²) in [6, 6.07) is -0.847. The van der Waals surface area contributed by atoms with Crippen molar-refractivity contribution in [1.29, 1.82) is 0 Å². The van der Waals surface area contributed by atoms with Crippen molar-refractivity contribution in [3.8, 4) is 0 Å². The van der Waals surface area contributed by atoms with Gasteiger partial charge in [0.05, 0.1) is 0 Å². The lowest BCUT2D eigenvalue weighted by molar-refractivity contribution is -0.153. The molecule has 0 aromatic carbocycles. The number of hydrogen-bond acceptors (Lipinski definition) is 5. The first-order valence-electron chi connectivity index (χ1n) is 9.35. The summed E-state index contributed by atoms with van der Waals surface area (Å²) in [4.78, 5) is 49.6. The van der Waals surface area contributed by atoms with E-state index in [2.05, 4.69) is 5.32 Å². The Morgan fingerprint density at radius 1 is 1.12 bits per heavy atom. The normalized spacial score (nSPS) is 27.2. The van der Waals surface area contributed by atoms with Gasteiger partial charge < -0.3 is 4.74 Å². The van der Waals surface area contributed by atoms with Gasteiger partial charge in [0.2, 0.25) is 11.8 Å². The standard InChI is InChI=1S/C18H28N2O5/c1-3-5-7-14-16(22)19-18(24)20(17(14)23)12-8-10-13(11-9-12)25-15(21)6-4-2/h12-14H,3-11H2,1-2H3,(H,19,22,24). The van der Waals surface area contributed by atoms with Crippen LogP contribution in [0.3, 0.4) is 0 Å². The van der Waals surface area contributed by atoms with Crippen LogP contribution in [0.1, 0.15) is 71.6 Å². The van der Waals surface area contributed by atoms with Crippen LogP contribution in [0.4, 0.5) is 4.79 Å². The highest BCUT2D eigenvalue weighted by Gasteiger charge is 2.44. The molecule has 0 spiro atoms. The smallest absolute Gasteiger partial charge is 0.331 e. The molecule has 1 atom stereocenters. The second kappa shape index (κ2) is 8.97. The number of carbonyl (C=O) groups is 4. The Morgan fingerprint density at radius 2 is 1.80 bits per heavy atom. The van der Waals surface area contributed by atoms with Gasteiger partial charge in [-0.1, -0.05) is 26.7 Å². The number of urea groups is 1. The molecule has 1 aliphatic carbocycles. The van der Waals surface area contributed by atoms with Gasteiger partial charge in [0.1, 0.15) is 12.0 Å². The lowest BCUT2D eigenvalue weighted by Crippen LogP contribution is -2.61. The van der Waals surface area contributed by atoms with Crippen LogP contribution in [0.5, 0.6) is 0 Å². The van der Waals surface area contributed by atoms with E-state index in [9.17, 15) is 19.2 Å². The molecule has 0 aromatic heterocycles. The van der Waals surface area contributed by atoms with Crippen LogP contribution in [-0.4, -0.2) is 40.9 Å². The zero-order valence-corrected chi connectivity index (χ0v) is 15.1. The lowest BCUT2D eigenvalue weighted by atomic mass is 9.89. The predicted octanol–water partition coefficient (Wildman–Crippen LogP) is 2.53. The molecule has 0 bridgehead atoms. The molecule has 2 rings (SSSR count). The SMILES string of the molecule is CCCCC1C(=O)NC(=O)N(C2CCC(OC(=O)CCC)CC2)C1=O. The molecule has 2 fully saturated rings. The predicted molar refractivity (Wildman–Crippen MR) is 90.4 cm³/mol. The van der Waals surface area contributed by atoms with Gasteiger partial charge in [-0.15, -0.1) is 0 Å². The molecule has 1 saturated carbocycles. The van der Waals surface area contributed by atoms with Crippen molar-refractivity contribution in [1.82, 2.24) is 10.2 Å². The number of imide groups is 2. The maximum atomic E-state index is 12.7. The van der Waals surface area contributed by atoms with Crippen molar-refractivity contribution in [2.75, 3.05) is 0 Å².